The van der Waals surface area contributed by atoms with E-state index in [-0.39, 0.29) is 0 Å². The quantitative estimate of drug-likeness (QED) is 0.437. The number of rotatable bonds is 0. The van der Waals surface area contributed by atoms with E-state index in [1.165, 1.54) is 0 Å². The van der Waals surface area contributed by atoms with Crippen LogP contribution in [-0.4, -0.2) is 5.11 Å². The molecule has 0 radical (unpaired) electrons. The smallest absolute Gasteiger partial charge is 0.172 e. The van der Waals surface area contributed by atoms with Crippen LogP contribution in [0.1, 0.15) is 0 Å². The molecule has 3 aromatic carbocycles. The zero-order chi connectivity index (χ0) is 13.9. The van der Waals surface area contributed by atoms with E-state index in [0.717, 1.165) is 10.8 Å². The van der Waals surface area contributed by atoms with Gasteiger partial charge in [0.1, 0.15) is 5.75 Å². The van der Waals surface area contributed by atoms with Crippen LogP contribution in [0.15, 0.2) is 72.8 Å². The molecule has 0 saturated heterocycles. The summed E-state index contributed by atoms with van der Waals surface area (Å²) in [6, 6.07) is 23.3. The van der Waals surface area contributed by atoms with Crippen molar-refractivity contribution in [2.45, 2.75) is 0 Å². The fraction of sp³-hybridized carbons (Fsp3) is 0. The molecule has 0 spiro atoms. The van der Waals surface area contributed by atoms with Gasteiger partial charge in [0.05, 0.1) is 0 Å². The zero-order valence-corrected chi connectivity index (χ0v) is 13.2. The topological polar surface area (TPSA) is 20.2 Å². The van der Waals surface area contributed by atoms with Gasteiger partial charge in [-0.3, -0.25) is 0 Å². The summed E-state index contributed by atoms with van der Waals surface area (Å²) in [5.41, 5.74) is 0. The molecule has 0 heterocycles. The van der Waals surface area contributed by atoms with Crippen molar-refractivity contribution in [2.75, 3.05) is 0 Å². The van der Waals surface area contributed by atoms with E-state index < -0.39 is 17.0 Å². The molecule has 0 unspecified atom stereocenters. The van der Waals surface area contributed by atoms with E-state index >= 15 is 0 Å². The molecule has 98 valence electrons. The average Bonchev–Trinajstić information content (AvgIpc) is 2.98. The second-order valence-electron chi connectivity index (χ2n) is 3.57. The van der Waals surface area contributed by atoms with Crippen molar-refractivity contribution in [1.82, 2.24) is 0 Å². The molecule has 1 N–H and O–H groups in total. The van der Waals surface area contributed by atoms with Gasteiger partial charge in [0.15, 0.2) is 0 Å². The van der Waals surface area contributed by atoms with Crippen molar-refractivity contribution in [3.63, 3.8) is 0 Å². The normalized spacial score (nSPS) is 8.74. The Morgan fingerprint density at radius 3 is 1.95 bits per heavy atom. The third-order valence-corrected chi connectivity index (χ3v) is 2.29. The summed E-state index contributed by atoms with van der Waals surface area (Å²) in [6.45, 7) is 0. The van der Waals surface area contributed by atoms with Crippen LogP contribution in [-0.2, 0) is 17.0 Å². The molecule has 0 amide bonds. The average molecular weight is 328 g/mol. The molecule has 3 aromatic rings. The first-order valence-corrected chi connectivity index (χ1v) is 9.88. The minimum atomic E-state index is -0.556. The molecule has 0 aliphatic carbocycles. The van der Waals surface area contributed by atoms with Gasteiger partial charge in [-0.2, -0.15) is 18.2 Å². The van der Waals surface area contributed by atoms with Gasteiger partial charge in [0.25, 0.3) is 0 Å². The summed E-state index contributed by atoms with van der Waals surface area (Å²) in [6.07, 6.45) is 0. The van der Waals surface area contributed by atoms with Gasteiger partial charge in [-0.05, 0) is 22.9 Å². The second-order valence-corrected chi connectivity index (χ2v) is 6.14. The first-order chi connectivity index (χ1) is 9.27. The first-order valence-electron chi connectivity index (χ1n) is 5.58. The maximum atomic E-state index is 9.13. The number of hydrogen-bond acceptors (Lipinski definition) is 1. The van der Waals surface area contributed by atoms with E-state index in [2.05, 4.69) is 0 Å². The Morgan fingerprint density at radius 1 is 0.842 bits per heavy atom. The van der Waals surface area contributed by atoms with Crippen LogP contribution in [0.5, 0.6) is 5.75 Å². The fourth-order valence-corrected chi connectivity index (χ4v) is 1.50. The molecular formula is C15H13Cl2OTi-. The SMILES string of the molecule is Oc1ccc2ccccc2c1.[Cl][Ti][Cl].c1cc[cH-]c1. The van der Waals surface area contributed by atoms with Crippen LogP contribution >= 0.6 is 18.6 Å². The molecule has 0 aliphatic heterocycles. The van der Waals surface area contributed by atoms with Gasteiger partial charge in [-0.15, -0.1) is 0 Å². The van der Waals surface area contributed by atoms with Crippen LogP contribution in [0.25, 0.3) is 10.8 Å². The minimum absolute atomic E-state index is 0.323. The summed E-state index contributed by atoms with van der Waals surface area (Å²) >= 11 is -0.556. The Kier molecular flexibility index (Phi) is 8.52. The van der Waals surface area contributed by atoms with E-state index in [1.54, 1.807) is 12.1 Å². The number of hydrogen-bond donors (Lipinski definition) is 1. The largest absolute Gasteiger partial charge is 0.214 e. The molecule has 3 rings (SSSR count). The third kappa shape index (κ3) is 6.75. The molecule has 19 heavy (non-hydrogen) atoms. The molecular weight excluding hydrogens is 315 g/mol. The maximum Gasteiger partial charge on any atom is -0.172 e. The van der Waals surface area contributed by atoms with Gasteiger partial charge >= 0.3 is 35.6 Å². The van der Waals surface area contributed by atoms with Gasteiger partial charge < -0.3 is 5.11 Å². The standard InChI is InChI=1S/C10H8O.C5H5.2ClH.Ti/c11-10-6-5-8-3-1-2-4-9(8)7-10;1-2-4-5-3-1;;;/h1-7,11H;1-5H;2*1H;/q;-1;;;+2/p-2. The Hall–Kier alpha value is -0.856. The van der Waals surface area contributed by atoms with Gasteiger partial charge in [-0.25, -0.2) is 12.1 Å². The molecule has 4 heteroatoms. The number of phenols is 1. The molecule has 0 bridgehead atoms. The van der Waals surface area contributed by atoms with Crippen molar-refractivity contribution in [3.05, 3.63) is 72.8 Å². The predicted molar refractivity (Wildman–Crippen MR) is 79.4 cm³/mol. The van der Waals surface area contributed by atoms with Crippen molar-refractivity contribution < 1.29 is 22.1 Å². The molecule has 0 fully saturated rings. The number of fused-ring (bicyclic) bond motifs is 1. The van der Waals surface area contributed by atoms with Crippen LogP contribution < -0.4 is 0 Å². The number of benzene rings is 2. The predicted octanol–water partition coefficient (Wildman–Crippen LogP) is 5.33. The van der Waals surface area contributed by atoms with E-state index in [0.29, 0.717) is 5.75 Å². The first kappa shape index (κ1) is 16.2. The van der Waals surface area contributed by atoms with Crippen LogP contribution in [0.2, 0.25) is 0 Å². The summed E-state index contributed by atoms with van der Waals surface area (Å²) in [7, 11) is 9.78. The van der Waals surface area contributed by atoms with Gasteiger partial charge in [0, 0.05) is 0 Å². The van der Waals surface area contributed by atoms with Crippen molar-refractivity contribution in [1.29, 1.82) is 0 Å². The van der Waals surface area contributed by atoms with Gasteiger partial charge in [-0.1, -0.05) is 30.3 Å². The summed E-state index contributed by atoms with van der Waals surface area (Å²) in [5, 5.41) is 11.4. The summed E-state index contributed by atoms with van der Waals surface area (Å²) in [4.78, 5) is 0. The zero-order valence-electron chi connectivity index (χ0n) is 10.1. The molecule has 1 nitrogen and oxygen atoms in total. The summed E-state index contributed by atoms with van der Waals surface area (Å²) < 4.78 is 0. The Labute approximate surface area is 129 Å². The molecule has 0 atom stereocenters. The summed E-state index contributed by atoms with van der Waals surface area (Å²) in [5.74, 6) is 0.323. The number of halogens is 2. The fourth-order valence-electron chi connectivity index (χ4n) is 1.50. The van der Waals surface area contributed by atoms with E-state index in [4.69, 9.17) is 23.7 Å². The maximum absolute atomic E-state index is 9.13. The Bertz CT molecular complexity index is 550. The molecule has 0 aromatic heterocycles. The number of phenolic OH excluding ortho intramolecular Hbond substituents is 1. The van der Waals surface area contributed by atoms with E-state index in [9.17, 15) is 0 Å². The van der Waals surface area contributed by atoms with Gasteiger partial charge in [0.2, 0.25) is 0 Å². The van der Waals surface area contributed by atoms with Crippen molar-refractivity contribution >= 4 is 29.4 Å². The molecule has 0 saturated carbocycles. The molecule has 0 aliphatic rings. The minimum Gasteiger partial charge on any atom is -0.214 e. The monoisotopic (exact) mass is 327 g/mol. The number of aromatic hydroxyl groups is 1. The second kappa shape index (κ2) is 9.99. The third-order valence-electron chi connectivity index (χ3n) is 2.29. The van der Waals surface area contributed by atoms with Crippen LogP contribution in [0, 0.1) is 0 Å². The van der Waals surface area contributed by atoms with Crippen molar-refractivity contribution in [3.8, 4) is 5.75 Å². The van der Waals surface area contributed by atoms with Crippen LogP contribution in [0.3, 0.4) is 0 Å². The Balaban J connectivity index is 0.000000188. The van der Waals surface area contributed by atoms with E-state index in [1.807, 2.05) is 60.7 Å². The Morgan fingerprint density at radius 2 is 1.42 bits per heavy atom. The van der Waals surface area contributed by atoms with Crippen LogP contribution in [0.4, 0.5) is 0 Å². The van der Waals surface area contributed by atoms with Crippen molar-refractivity contribution in [2.24, 2.45) is 0 Å².